The molecule has 192 valence electrons. The van der Waals surface area contributed by atoms with Gasteiger partial charge in [-0.2, -0.15) is 0 Å². The van der Waals surface area contributed by atoms with Crippen LogP contribution in [-0.4, -0.2) is 72.5 Å². The van der Waals surface area contributed by atoms with E-state index in [1.165, 1.54) is 0 Å². The van der Waals surface area contributed by atoms with Gasteiger partial charge in [0.15, 0.2) is 0 Å². The molecule has 0 aliphatic carbocycles. The van der Waals surface area contributed by atoms with Gasteiger partial charge in [-0.25, -0.2) is 0 Å². The van der Waals surface area contributed by atoms with Crippen molar-refractivity contribution in [1.29, 1.82) is 0 Å². The zero-order valence-electron chi connectivity index (χ0n) is 21.4. The third kappa shape index (κ3) is 9.49. The van der Waals surface area contributed by atoms with Crippen LogP contribution >= 0.6 is 0 Å². The van der Waals surface area contributed by atoms with Crippen molar-refractivity contribution in [2.75, 3.05) is 45.9 Å². The minimum absolute atomic E-state index is 0.0632. The van der Waals surface area contributed by atoms with Gasteiger partial charge in [-0.3, -0.25) is 14.5 Å². The van der Waals surface area contributed by atoms with Gasteiger partial charge in [0.2, 0.25) is 11.8 Å². The van der Waals surface area contributed by atoms with Crippen LogP contribution in [0.5, 0.6) is 0 Å². The number of morpholine rings is 1. The molecule has 0 N–H and O–H groups in total. The molecule has 0 unspecified atom stereocenters. The molecule has 1 aliphatic heterocycles. The Hall–Kier alpha value is -2.64. The largest absolute Gasteiger partial charge is 0.464 e. The Morgan fingerprint density at radius 1 is 0.914 bits per heavy atom. The van der Waals surface area contributed by atoms with Crippen molar-refractivity contribution in [3.05, 3.63) is 59.5 Å². The number of aryl methyl sites for hydroxylation is 1. The summed E-state index contributed by atoms with van der Waals surface area (Å²) >= 11 is 0. The lowest BCUT2D eigenvalue weighted by Crippen LogP contribution is -2.47. The van der Waals surface area contributed by atoms with Crippen LogP contribution in [0.15, 0.2) is 46.9 Å². The number of hydrogen-bond donors (Lipinski definition) is 0. The second kappa shape index (κ2) is 14.7. The van der Waals surface area contributed by atoms with E-state index in [0.717, 1.165) is 75.6 Å². The van der Waals surface area contributed by atoms with E-state index in [1.807, 2.05) is 49.4 Å². The average Bonchev–Trinajstić information content (AvgIpc) is 3.29. The predicted octanol–water partition coefficient (Wildman–Crippen LogP) is 4.25. The highest BCUT2D eigenvalue weighted by Gasteiger charge is 2.23. The van der Waals surface area contributed by atoms with E-state index in [1.54, 1.807) is 9.80 Å². The van der Waals surface area contributed by atoms with Crippen LogP contribution in [-0.2, 0) is 27.4 Å². The van der Waals surface area contributed by atoms with E-state index in [-0.39, 0.29) is 18.4 Å². The Labute approximate surface area is 210 Å². The second-order valence-corrected chi connectivity index (χ2v) is 9.33. The van der Waals surface area contributed by atoms with Gasteiger partial charge >= 0.3 is 0 Å². The second-order valence-electron chi connectivity index (χ2n) is 9.33. The van der Waals surface area contributed by atoms with Gasteiger partial charge in [0.1, 0.15) is 11.5 Å². The molecule has 1 saturated heterocycles. The van der Waals surface area contributed by atoms with Crippen molar-refractivity contribution in [2.24, 2.45) is 0 Å². The number of rotatable bonds is 14. The zero-order valence-corrected chi connectivity index (χ0v) is 21.4. The van der Waals surface area contributed by atoms with Gasteiger partial charge in [0.25, 0.3) is 0 Å². The van der Waals surface area contributed by atoms with Crippen LogP contribution < -0.4 is 0 Å². The first-order valence-corrected chi connectivity index (χ1v) is 13.0. The van der Waals surface area contributed by atoms with Gasteiger partial charge < -0.3 is 19.0 Å². The highest BCUT2D eigenvalue weighted by Crippen LogP contribution is 2.14. The van der Waals surface area contributed by atoms with Crippen molar-refractivity contribution < 1.29 is 18.7 Å². The number of unbranched alkanes of at least 4 members (excludes halogenated alkanes) is 3. The summed E-state index contributed by atoms with van der Waals surface area (Å²) < 4.78 is 11.2. The van der Waals surface area contributed by atoms with Gasteiger partial charge in [-0.15, -0.1) is 0 Å². The summed E-state index contributed by atoms with van der Waals surface area (Å²) in [5.74, 6) is 1.57. The van der Waals surface area contributed by atoms with Gasteiger partial charge in [-0.1, -0.05) is 56.5 Å². The lowest BCUT2D eigenvalue weighted by atomic mass is 10.1. The molecule has 2 aromatic rings. The molecule has 0 radical (unpaired) electrons. The van der Waals surface area contributed by atoms with E-state index in [0.29, 0.717) is 26.1 Å². The smallest absolute Gasteiger partial charge is 0.242 e. The van der Waals surface area contributed by atoms with E-state index in [9.17, 15) is 9.59 Å². The van der Waals surface area contributed by atoms with Crippen LogP contribution in [0.3, 0.4) is 0 Å². The van der Waals surface area contributed by atoms with Crippen molar-refractivity contribution in [1.82, 2.24) is 14.7 Å². The molecule has 2 amide bonds. The molecule has 1 fully saturated rings. The Bertz CT molecular complexity index is 893. The fourth-order valence-electron chi connectivity index (χ4n) is 4.30. The van der Waals surface area contributed by atoms with Gasteiger partial charge in [-0.05, 0) is 31.0 Å². The number of carbonyl (C=O) groups excluding carboxylic acids is 2. The lowest BCUT2D eigenvalue weighted by molar-refractivity contribution is -0.141. The summed E-state index contributed by atoms with van der Waals surface area (Å²) in [6.45, 7) is 9.48. The van der Waals surface area contributed by atoms with Gasteiger partial charge in [0.05, 0.1) is 26.3 Å². The predicted molar refractivity (Wildman–Crippen MR) is 137 cm³/mol. The maximum absolute atomic E-state index is 13.6. The maximum Gasteiger partial charge on any atom is 0.242 e. The minimum Gasteiger partial charge on any atom is -0.464 e. The monoisotopic (exact) mass is 483 g/mol. The molecule has 0 atom stereocenters. The maximum atomic E-state index is 13.6. The number of hydrogen-bond acceptors (Lipinski definition) is 5. The highest BCUT2D eigenvalue weighted by atomic mass is 16.5. The van der Waals surface area contributed by atoms with Crippen molar-refractivity contribution in [3.8, 4) is 0 Å². The van der Waals surface area contributed by atoms with Crippen LogP contribution in [0.4, 0.5) is 0 Å². The van der Waals surface area contributed by atoms with E-state index in [2.05, 4.69) is 11.8 Å². The Morgan fingerprint density at radius 2 is 1.69 bits per heavy atom. The Morgan fingerprint density at radius 3 is 2.37 bits per heavy atom. The first kappa shape index (κ1) is 27.0. The number of carbonyl (C=O) groups is 2. The first-order valence-electron chi connectivity index (χ1n) is 13.0. The summed E-state index contributed by atoms with van der Waals surface area (Å²) in [6.07, 6.45) is 4.67. The molecule has 1 aromatic heterocycles. The topological polar surface area (TPSA) is 66.2 Å². The van der Waals surface area contributed by atoms with E-state index in [4.69, 9.17) is 9.15 Å². The summed E-state index contributed by atoms with van der Waals surface area (Å²) in [7, 11) is 0. The molecule has 0 bridgehead atoms. The Balaban J connectivity index is 1.68. The van der Waals surface area contributed by atoms with Crippen molar-refractivity contribution >= 4 is 11.8 Å². The van der Waals surface area contributed by atoms with Gasteiger partial charge in [0, 0.05) is 39.1 Å². The SMILES string of the molecule is CCCCCCC(=O)N(CCN1CCOCC1)CC(=O)N(Cc1ccccc1)Cc1ccc(C)o1. The van der Waals surface area contributed by atoms with Crippen LogP contribution in [0.2, 0.25) is 0 Å². The fourth-order valence-corrected chi connectivity index (χ4v) is 4.30. The zero-order chi connectivity index (χ0) is 24.9. The minimum atomic E-state index is -0.0632. The molecule has 2 heterocycles. The highest BCUT2D eigenvalue weighted by molar-refractivity contribution is 5.84. The Kier molecular flexibility index (Phi) is 11.3. The summed E-state index contributed by atoms with van der Waals surface area (Å²) in [6, 6.07) is 13.8. The molecule has 7 heteroatoms. The molecule has 3 rings (SSSR count). The molecule has 35 heavy (non-hydrogen) atoms. The quantitative estimate of drug-likeness (QED) is 0.376. The lowest BCUT2D eigenvalue weighted by Gasteiger charge is -2.31. The third-order valence-electron chi connectivity index (χ3n) is 6.42. The standard InChI is InChI=1S/C28H41N3O4/c1-3-4-5-9-12-27(32)30(16-15-29-17-19-34-20-18-29)23-28(33)31(21-25-10-7-6-8-11-25)22-26-14-13-24(2)35-26/h6-8,10-11,13-14H,3-5,9,12,15-23H2,1-2H3. The first-order chi connectivity index (χ1) is 17.0. The summed E-state index contributed by atoms with van der Waals surface area (Å²) in [4.78, 5) is 32.6. The van der Waals surface area contributed by atoms with Crippen molar-refractivity contribution in [2.45, 2.75) is 59.0 Å². The van der Waals surface area contributed by atoms with Crippen LogP contribution in [0.1, 0.15) is 56.1 Å². The third-order valence-corrected chi connectivity index (χ3v) is 6.42. The van der Waals surface area contributed by atoms with Crippen molar-refractivity contribution in [3.63, 3.8) is 0 Å². The summed E-state index contributed by atoms with van der Waals surface area (Å²) in [5.41, 5.74) is 1.05. The number of furan rings is 1. The fraction of sp³-hybridized carbons (Fsp3) is 0.571. The molecule has 7 nitrogen and oxygen atoms in total. The molecular formula is C28H41N3O4. The average molecular weight is 484 g/mol. The number of nitrogens with zero attached hydrogens (tertiary/aromatic N) is 3. The molecule has 1 aromatic carbocycles. The number of ether oxygens (including phenoxy) is 1. The van der Waals surface area contributed by atoms with E-state index >= 15 is 0 Å². The van der Waals surface area contributed by atoms with E-state index < -0.39 is 0 Å². The molecular weight excluding hydrogens is 442 g/mol. The summed E-state index contributed by atoms with van der Waals surface area (Å²) in [5, 5.41) is 0. The van der Waals surface area contributed by atoms with Crippen LogP contribution in [0.25, 0.3) is 0 Å². The molecule has 0 spiro atoms. The number of benzene rings is 1. The molecule has 0 saturated carbocycles. The van der Waals surface area contributed by atoms with Crippen LogP contribution in [0, 0.1) is 6.92 Å². The molecule has 1 aliphatic rings. The normalized spacial score (nSPS) is 14.1. The number of amides is 2.